The van der Waals surface area contributed by atoms with Gasteiger partial charge in [0, 0.05) is 13.0 Å². The average Bonchev–Trinajstić information content (AvgIpc) is 3.04. The van der Waals surface area contributed by atoms with Crippen LogP contribution < -0.4 is 11.3 Å². The van der Waals surface area contributed by atoms with Crippen molar-refractivity contribution in [2.24, 2.45) is 11.8 Å². The van der Waals surface area contributed by atoms with Crippen LogP contribution in [0.5, 0.6) is 0 Å². The molecule has 0 aliphatic rings. The Labute approximate surface area is 129 Å². The fraction of sp³-hybridized carbons (Fsp3) is 0.692. The van der Waals surface area contributed by atoms with Crippen LogP contribution in [-0.2, 0) is 13.0 Å². The number of hydrazine groups is 1. The summed E-state index contributed by atoms with van der Waals surface area (Å²) in [5, 5.41) is 8.51. The number of rotatable bonds is 7. The minimum absolute atomic E-state index is 0.0440. The first-order valence-electron chi connectivity index (χ1n) is 7.17. The molecule has 2 heterocycles. The highest BCUT2D eigenvalue weighted by Crippen LogP contribution is 2.27. The van der Waals surface area contributed by atoms with Crippen molar-refractivity contribution in [1.82, 2.24) is 29.8 Å². The van der Waals surface area contributed by atoms with Gasteiger partial charge in [-0.05, 0) is 23.4 Å². The summed E-state index contributed by atoms with van der Waals surface area (Å²) >= 11 is 1.39. The van der Waals surface area contributed by atoms with E-state index in [0.29, 0.717) is 18.3 Å². The summed E-state index contributed by atoms with van der Waals surface area (Å²) in [7, 11) is 0. The summed E-state index contributed by atoms with van der Waals surface area (Å²) in [6.07, 6.45) is 2.27. The molecule has 0 aliphatic heterocycles. The number of nitrogens with zero attached hydrogens (tertiary/aromatic N) is 5. The van der Waals surface area contributed by atoms with Crippen molar-refractivity contribution in [1.29, 1.82) is 0 Å². The van der Waals surface area contributed by atoms with Crippen LogP contribution in [0.25, 0.3) is 0 Å². The van der Waals surface area contributed by atoms with Crippen molar-refractivity contribution in [3.8, 4) is 0 Å². The highest BCUT2D eigenvalue weighted by molar-refractivity contribution is 7.05. The second-order valence-corrected chi connectivity index (χ2v) is 6.64. The van der Waals surface area contributed by atoms with Gasteiger partial charge in [0.2, 0.25) is 0 Å². The predicted molar refractivity (Wildman–Crippen MR) is 82.6 cm³/mol. The Morgan fingerprint density at radius 3 is 2.71 bits per heavy atom. The second kappa shape index (κ2) is 7.06. The number of nitrogens with one attached hydrogen (secondary N) is 1. The van der Waals surface area contributed by atoms with E-state index < -0.39 is 0 Å². The van der Waals surface area contributed by atoms with Crippen LogP contribution in [0.3, 0.4) is 0 Å². The monoisotopic (exact) mass is 309 g/mol. The number of nitrogens with two attached hydrogens (primary N) is 1. The van der Waals surface area contributed by atoms with Crippen LogP contribution in [0.15, 0.2) is 6.33 Å². The molecule has 116 valence electrons. The first kappa shape index (κ1) is 16.0. The fourth-order valence-corrected chi connectivity index (χ4v) is 3.07. The number of aromatic nitrogens is 5. The maximum atomic E-state index is 5.74. The van der Waals surface area contributed by atoms with Gasteiger partial charge in [-0.1, -0.05) is 32.2 Å². The van der Waals surface area contributed by atoms with Crippen LogP contribution in [0.4, 0.5) is 0 Å². The molecule has 21 heavy (non-hydrogen) atoms. The molecule has 8 heteroatoms. The molecule has 0 spiro atoms. The van der Waals surface area contributed by atoms with Gasteiger partial charge in [0.1, 0.15) is 12.2 Å². The lowest BCUT2D eigenvalue weighted by Gasteiger charge is -2.16. The Morgan fingerprint density at radius 2 is 2.10 bits per heavy atom. The summed E-state index contributed by atoms with van der Waals surface area (Å²) in [5.41, 5.74) is 3.87. The highest BCUT2D eigenvalue weighted by atomic mass is 32.1. The van der Waals surface area contributed by atoms with E-state index in [9.17, 15) is 0 Å². The normalized spacial score (nSPS) is 13.3. The topological polar surface area (TPSA) is 94.5 Å². The zero-order chi connectivity index (χ0) is 15.4. The van der Waals surface area contributed by atoms with E-state index in [2.05, 4.69) is 52.8 Å². The summed E-state index contributed by atoms with van der Waals surface area (Å²) < 4.78 is 6.01. The third-order valence-electron chi connectivity index (χ3n) is 3.23. The molecule has 0 saturated carbocycles. The molecule has 0 aliphatic carbocycles. The smallest absolute Gasteiger partial charge is 0.138 e. The molecule has 0 radical (unpaired) electrons. The quantitative estimate of drug-likeness (QED) is 0.596. The zero-order valence-electron chi connectivity index (χ0n) is 12.9. The summed E-state index contributed by atoms with van der Waals surface area (Å²) in [4.78, 5) is 5.44. The van der Waals surface area contributed by atoms with Crippen LogP contribution >= 0.6 is 11.5 Å². The van der Waals surface area contributed by atoms with Gasteiger partial charge in [-0.15, -0.1) is 5.10 Å². The lowest BCUT2D eigenvalue weighted by Crippen LogP contribution is -2.31. The number of hydrogen-bond acceptors (Lipinski definition) is 7. The van der Waals surface area contributed by atoms with E-state index >= 15 is 0 Å². The van der Waals surface area contributed by atoms with Crippen LogP contribution in [-0.4, -0.2) is 24.4 Å². The van der Waals surface area contributed by atoms with Crippen molar-refractivity contribution in [3.05, 3.63) is 22.7 Å². The van der Waals surface area contributed by atoms with Gasteiger partial charge in [0.15, 0.2) is 0 Å². The van der Waals surface area contributed by atoms with E-state index in [0.717, 1.165) is 22.9 Å². The van der Waals surface area contributed by atoms with E-state index in [1.165, 1.54) is 11.5 Å². The molecule has 1 unspecified atom stereocenters. The molecule has 2 rings (SSSR count). The lowest BCUT2D eigenvalue weighted by molar-refractivity contribution is 0.447. The molecule has 0 saturated heterocycles. The molecule has 3 N–H and O–H groups in total. The molecular weight excluding hydrogens is 286 g/mol. The average molecular weight is 309 g/mol. The minimum Gasteiger partial charge on any atom is -0.271 e. The maximum absolute atomic E-state index is 5.74. The second-order valence-electron chi connectivity index (χ2n) is 5.85. The largest absolute Gasteiger partial charge is 0.271 e. The maximum Gasteiger partial charge on any atom is 0.138 e. The molecule has 2 aromatic heterocycles. The summed E-state index contributed by atoms with van der Waals surface area (Å²) in [5.74, 6) is 7.51. The van der Waals surface area contributed by atoms with Gasteiger partial charge in [-0.2, -0.15) is 5.10 Å². The summed E-state index contributed by atoms with van der Waals surface area (Å²) in [6, 6.07) is -0.0440. The van der Waals surface area contributed by atoms with Crippen LogP contribution in [0, 0.1) is 5.92 Å². The van der Waals surface area contributed by atoms with Gasteiger partial charge in [-0.3, -0.25) is 11.3 Å². The Bertz CT molecular complexity index is 560. The van der Waals surface area contributed by atoms with Gasteiger partial charge < -0.3 is 0 Å². The molecule has 0 bridgehead atoms. The Hall–Kier alpha value is -1.38. The zero-order valence-corrected chi connectivity index (χ0v) is 13.8. The SMILES string of the molecule is CC(C)Cn1ncnc1CC(NN)c1snnc1C(C)C. The van der Waals surface area contributed by atoms with Crippen molar-refractivity contribution in [3.63, 3.8) is 0 Å². The lowest BCUT2D eigenvalue weighted by atomic mass is 10.0. The van der Waals surface area contributed by atoms with Crippen LogP contribution in [0.1, 0.15) is 56.1 Å². The van der Waals surface area contributed by atoms with E-state index in [-0.39, 0.29) is 6.04 Å². The molecule has 2 aromatic rings. The Morgan fingerprint density at radius 1 is 1.33 bits per heavy atom. The predicted octanol–water partition coefficient (Wildman–Crippen LogP) is 1.66. The summed E-state index contributed by atoms with van der Waals surface area (Å²) in [6.45, 7) is 9.39. The van der Waals surface area contributed by atoms with E-state index in [1.807, 2.05) is 4.68 Å². The third-order valence-corrected chi connectivity index (χ3v) is 4.08. The highest BCUT2D eigenvalue weighted by Gasteiger charge is 2.22. The van der Waals surface area contributed by atoms with Crippen molar-refractivity contribution in [2.45, 2.75) is 52.6 Å². The van der Waals surface area contributed by atoms with E-state index in [4.69, 9.17) is 5.84 Å². The van der Waals surface area contributed by atoms with Gasteiger partial charge in [-0.25, -0.2) is 9.67 Å². The Balaban J connectivity index is 2.20. The molecule has 0 amide bonds. The van der Waals surface area contributed by atoms with Crippen molar-refractivity contribution >= 4 is 11.5 Å². The third kappa shape index (κ3) is 3.84. The van der Waals surface area contributed by atoms with E-state index in [1.54, 1.807) is 6.33 Å². The first-order chi connectivity index (χ1) is 10.0. The van der Waals surface area contributed by atoms with Gasteiger partial charge in [0.25, 0.3) is 0 Å². The first-order valence-corrected chi connectivity index (χ1v) is 7.95. The van der Waals surface area contributed by atoms with Gasteiger partial charge in [0.05, 0.1) is 16.6 Å². The van der Waals surface area contributed by atoms with Crippen LogP contribution in [0.2, 0.25) is 0 Å². The minimum atomic E-state index is -0.0440. The molecule has 1 atom stereocenters. The molecule has 0 fully saturated rings. The molecule has 7 nitrogen and oxygen atoms in total. The van der Waals surface area contributed by atoms with Crippen molar-refractivity contribution in [2.75, 3.05) is 0 Å². The Kier molecular flexibility index (Phi) is 5.38. The molecule has 0 aromatic carbocycles. The molecular formula is C13H23N7S. The standard InChI is InChI=1S/C13H23N7S/c1-8(2)6-20-11(15-7-16-20)5-10(17-14)13-12(9(3)4)18-19-21-13/h7-10,17H,5-6,14H2,1-4H3. The van der Waals surface area contributed by atoms with Gasteiger partial charge >= 0.3 is 0 Å². The number of hydrogen-bond donors (Lipinski definition) is 2. The fourth-order valence-electron chi connectivity index (χ4n) is 2.20. The van der Waals surface area contributed by atoms with Crippen molar-refractivity contribution < 1.29 is 0 Å².